The van der Waals surface area contributed by atoms with Crippen LogP contribution in [0.3, 0.4) is 0 Å². The fraction of sp³-hybridized carbons (Fsp3) is 0.308. The van der Waals surface area contributed by atoms with E-state index in [1.165, 1.54) is 6.07 Å². The number of aromatic nitrogens is 1. The highest BCUT2D eigenvalue weighted by atomic mass is 35.5. The lowest BCUT2D eigenvalue weighted by molar-refractivity contribution is -0.136. The van der Waals surface area contributed by atoms with Gasteiger partial charge in [-0.3, -0.25) is 0 Å². The molecule has 2 N–H and O–H groups in total. The lowest BCUT2D eigenvalue weighted by Gasteiger charge is -2.12. The van der Waals surface area contributed by atoms with Crippen molar-refractivity contribution < 1.29 is 13.2 Å². The second-order valence-corrected chi connectivity index (χ2v) is 4.74. The number of fused-ring (bicyclic) bond motifs is 1. The van der Waals surface area contributed by atoms with E-state index in [2.05, 4.69) is 4.98 Å². The molecule has 0 aliphatic carbocycles. The molecule has 6 heteroatoms. The van der Waals surface area contributed by atoms with Gasteiger partial charge in [0, 0.05) is 10.4 Å². The quantitative estimate of drug-likeness (QED) is 0.887. The van der Waals surface area contributed by atoms with E-state index in [4.69, 9.17) is 17.3 Å². The van der Waals surface area contributed by atoms with Gasteiger partial charge >= 0.3 is 6.18 Å². The second kappa shape index (κ2) is 4.89. The van der Waals surface area contributed by atoms with E-state index in [0.717, 1.165) is 18.1 Å². The van der Waals surface area contributed by atoms with Crippen LogP contribution in [-0.2, 0) is 12.6 Å². The van der Waals surface area contributed by atoms with E-state index in [1.54, 1.807) is 6.07 Å². The maximum atomic E-state index is 12.9. The van der Waals surface area contributed by atoms with Crippen LogP contribution in [0.1, 0.15) is 24.5 Å². The van der Waals surface area contributed by atoms with E-state index >= 15 is 0 Å². The lowest BCUT2D eigenvalue weighted by atomic mass is 10.0. The van der Waals surface area contributed by atoms with Crippen molar-refractivity contribution in [2.75, 3.05) is 5.73 Å². The summed E-state index contributed by atoms with van der Waals surface area (Å²) >= 11 is 5.74. The Balaban J connectivity index is 2.75. The Hall–Kier alpha value is -1.49. The Morgan fingerprint density at radius 3 is 2.53 bits per heavy atom. The van der Waals surface area contributed by atoms with Crippen molar-refractivity contribution in [3.63, 3.8) is 0 Å². The zero-order valence-electron chi connectivity index (χ0n) is 10.2. The number of alkyl halides is 3. The van der Waals surface area contributed by atoms with Crippen molar-refractivity contribution >= 4 is 28.3 Å². The van der Waals surface area contributed by atoms with Crippen LogP contribution in [0.5, 0.6) is 0 Å². The third-order valence-corrected chi connectivity index (χ3v) is 3.04. The average Bonchev–Trinajstić information content (AvgIpc) is 2.29. The van der Waals surface area contributed by atoms with Crippen LogP contribution >= 0.6 is 11.6 Å². The molecule has 0 aliphatic rings. The van der Waals surface area contributed by atoms with E-state index < -0.39 is 11.7 Å². The Morgan fingerprint density at radius 1 is 1.26 bits per heavy atom. The second-order valence-electron chi connectivity index (χ2n) is 4.31. The van der Waals surface area contributed by atoms with Crippen LogP contribution in [0.4, 0.5) is 19.0 Å². The van der Waals surface area contributed by atoms with Gasteiger partial charge in [-0.25, -0.2) is 4.98 Å². The van der Waals surface area contributed by atoms with E-state index in [9.17, 15) is 13.2 Å². The van der Waals surface area contributed by atoms with Crippen molar-refractivity contribution in [2.45, 2.75) is 25.9 Å². The monoisotopic (exact) mass is 288 g/mol. The van der Waals surface area contributed by atoms with Gasteiger partial charge < -0.3 is 5.73 Å². The number of pyridine rings is 1. The standard InChI is InChI=1S/C13H12ClF3N2/c1-2-3-7-4-8-5-9(14)6-10(13(15,16)17)11(8)19-12(7)18/h4-6H,2-3H2,1H3,(H2,18,19). The van der Waals surface area contributed by atoms with Gasteiger partial charge in [0.1, 0.15) is 5.82 Å². The molecule has 0 fully saturated rings. The minimum absolute atomic E-state index is 0.0360. The number of rotatable bonds is 2. The Kier molecular flexibility index (Phi) is 3.58. The highest BCUT2D eigenvalue weighted by Gasteiger charge is 2.34. The predicted octanol–water partition coefficient (Wildman–Crippen LogP) is 4.44. The van der Waals surface area contributed by atoms with E-state index in [-0.39, 0.29) is 16.4 Å². The molecule has 1 aromatic carbocycles. The first kappa shape index (κ1) is 13.9. The van der Waals surface area contributed by atoms with Gasteiger partial charge in [0.25, 0.3) is 0 Å². The van der Waals surface area contributed by atoms with Gasteiger partial charge in [0.15, 0.2) is 0 Å². The fourth-order valence-corrected chi connectivity index (χ4v) is 2.22. The predicted molar refractivity (Wildman–Crippen MR) is 70.2 cm³/mol. The van der Waals surface area contributed by atoms with Gasteiger partial charge in [-0.05, 0) is 30.2 Å². The van der Waals surface area contributed by atoms with Crippen LogP contribution in [0.25, 0.3) is 10.9 Å². The Labute approximate surface area is 113 Å². The zero-order valence-corrected chi connectivity index (χ0v) is 10.9. The molecule has 19 heavy (non-hydrogen) atoms. The third-order valence-electron chi connectivity index (χ3n) is 2.82. The number of nitrogens with zero attached hydrogens (tertiary/aromatic N) is 1. The minimum atomic E-state index is -4.51. The van der Waals surface area contributed by atoms with Gasteiger partial charge in [0.2, 0.25) is 0 Å². The summed E-state index contributed by atoms with van der Waals surface area (Å²) in [5.41, 5.74) is 5.44. The summed E-state index contributed by atoms with van der Waals surface area (Å²) in [6.45, 7) is 1.96. The molecule has 2 aromatic rings. The van der Waals surface area contributed by atoms with Crippen molar-refractivity contribution in [3.05, 3.63) is 34.3 Å². The summed E-state index contributed by atoms with van der Waals surface area (Å²) in [5.74, 6) is 0.141. The van der Waals surface area contributed by atoms with Crippen molar-refractivity contribution in [1.82, 2.24) is 4.98 Å². The number of benzene rings is 1. The summed E-state index contributed by atoms with van der Waals surface area (Å²) in [7, 11) is 0. The molecule has 0 saturated heterocycles. The largest absolute Gasteiger partial charge is 0.418 e. The maximum absolute atomic E-state index is 12.9. The molecule has 0 amide bonds. The normalized spacial score (nSPS) is 12.1. The highest BCUT2D eigenvalue weighted by molar-refractivity contribution is 6.31. The molecule has 102 valence electrons. The number of hydrogen-bond donors (Lipinski definition) is 1. The first-order valence-corrected chi connectivity index (χ1v) is 6.16. The number of halogens is 4. The number of nitrogens with two attached hydrogens (primary N) is 1. The molecule has 0 aliphatic heterocycles. The minimum Gasteiger partial charge on any atom is -0.383 e. The summed E-state index contributed by atoms with van der Waals surface area (Å²) in [6, 6.07) is 3.97. The number of nitrogen functional groups attached to an aromatic ring is 1. The molecular formula is C13H12ClF3N2. The molecule has 0 saturated carbocycles. The molecule has 2 rings (SSSR count). The molecule has 0 atom stereocenters. The zero-order chi connectivity index (χ0) is 14.2. The summed E-state index contributed by atoms with van der Waals surface area (Å²) in [5, 5.41) is 0.395. The molecule has 1 heterocycles. The third kappa shape index (κ3) is 2.76. The van der Waals surface area contributed by atoms with Crippen molar-refractivity contribution in [2.24, 2.45) is 0 Å². The van der Waals surface area contributed by atoms with Crippen molar-refractivity contribution in [1.29, 1.82) is 0 Å². The SMILES string of the molecule is CCCc1cc2cc(Cl)cc(C(F)(F)F)c2nc1N. The first-order valence-electron chi connectivity index (χ1n) is 5.78. The van der Waals surface area contributed by atoms with Gasteiger partial charge in [-0.2, -0.15) is 13.2 Å². The van der Waals surface area contributed by atoms with E-state index in [0.29, 0.717) is 11.8 Å². The van der Waals surface area contributed by atoms with Gasteiger partial charge in [-0.1, -0.05) is 24.9 Å². The molecule has 0 unspecified atom stereocenters. The average molecular weight is 289 g/mol. The van der Waals surface area contributed by atoms with Crippen LogP contribution in [-0.4, -0.2) is 4.98 Å². The Bertz CT molecular complexity index is 623. The first-order chi connectivity index (χ1) is 8.82. The van der Waals surface area contributed by atoms with Crippen molar-refractivity contribution in [3.8, 4) is 0 Å². The van der Waals surface area contributed by atoms with Gasteiger partial charge in [-0.15, -0.1) is 0 Å². The smallest absolute Gasteiger partial charge is 0.383 e. The Morgan fingerprint density at radius 2 is 1.95 bits per heavy atom. The summed E-state index contributed by atoms with van der Waals surface area (Å²) < 4.78 is 38.8. The molecular weight excluding hydrogens is 277 g/mol. The summed E-state index contributed by atoms with van der Waals surface area (Å²) in [6.07, 6.45) is -3.00. The van der Waals surface area contributed by atoms with Crippen LogP contribution in [0, 0.1) is 0 Å². The molecule has 0 bridgehead atoms. The van der Waals surface area contributed by atoms with Crippen LogP contribution in [0.2, 0.25) is 5.02 Å². The lowest BCUT2D eigenvalue weighted by Crippen LogP contribution is -2.08. The molecule has 0 radical (unpaired) electrons. The van der Waals surface area contributed by atoms with Crippen LogP contribution < -0.4 is 5.73 Å². The fourth-order valence-electron chi connectivity index (χ4n) is 1.99. The molecule has 0 spiro atoms. The van der Waals surface area contributed by atoms with Gasteiger partial charge in [0.05, 0.1) is 11.1 Å². The molecule has 1 aromatic heterocycles. The molecule has 2 nitrogen and oxygen atoms in total. The number of aryl methyl sites for hydroxylation is 1. The van der Waals surface area contributed by atoms with Crippen LogP contribution in [0.15, 0.2) is 18.2 Å². The summed E-state index contributed by atoms with van der Waals surface area (Å²) in [4.78, 5) is 3.90. The van der Waals surface area contributed by atoms with E-state index in [1.807, 2.05) is 6.92 Å². The number of anilines is 1. The highest BCUT2D eigenvalue weighted by Crippen LogP contribution is 2.37. The number of hydrogen-bond acceptors (Lipinski definition) is 2. The topological polar surface area (TPSA) is 38.9 Å². The maximum Gasteiger partial charge on any atom is 0.418 e.